The summed E-state index contributed by atoms with van der Waals surface area (Å²) in [5, 5.41) is 11.2. The second kappa shape index (κ2) is 17.5. The number of benzene rings is 1. The van der Waals surface area contributed by atoms with Crippen molar-refractivity contribution >= 4 is 28.8 Å². The van der Waals surface area contributed by atoms with Gasteiger partial charge in [0.2, 0.25) is 0 Å². The largest absolute Gasteiger partial charge is 0.492 e. The highest BCUT2D eigenvalue weighted by Crippen LogP contribution is 2.28. The van der Waals surface area contributed by atoms with Crippen LogP contribution in [0.25, 0.3) is 0 Å². The van der Waals surface area contributed by atoms with Crippen molar-refractivity contribution in [3.05, 3.63) is 54.2 Å². The van der Waals surface area contributed by atoms with Gasteiger partial charge in [-0.25, -0.2) is 0 Å². The van der Waals surface area contributed by atoms with E-state index in [0.29, 0.717) is 17.0 Å². The number of nitrogens with one attached hydrogen (secondary N) is 1. The number of carbonyl (C=O) groups is 1. The Bertz CT molecular complexity index is 835. The van der Waals surface area contributed by atoms with Crippen LogP contribution in [0.4, 0.5) is 5.69 Å². The third-order valence-corrected chi connectivity index (χ3v) is 7.65. The van der Waals surface area contributed by atoms with E-state index < -0.39 is 5.41 Å². The zero-order valence-electron chi connectivity index (χ0n) is 24.0. The molecule has 0 heterocycles. The Morgan fingerprint density at radius 3 is 2.46 bits per heavy atom. The fraction of sp³-hybridized carbons (Fsp3) is 0.613. The van der Waals surface area contributed by atoms with Crippen LogP contribution in [0.5, 0.6) is 0 Å². The van der Waals surface area contributed by atoms with E-state index in [1.807, 2.05) is 43.5 Å². The van der Waals surface area contributed by atoms with Crippen molar-refractivity contribution in [1.29, 1.82) is 5.41 Å². The molecule has 1 rings (SSSR count). The number of carbonyl (C=O) groups excluding carboxylic acids is 1. The lowest BCUT2D eigenvalue weighted by Crippen LogP contribution is -2.40. The van der Waals surface area contributed by atoms with Gasteiger partial charge in [0.1, 0.15) is 17.4 Å². The maximum Gasteiger partial charge on any atom is 0.147 e. The molecule has 1 aromatic rings. The van der Waals surface area contributed by atoms with Crippen LogP contribution in [0.1, 0.15) is 78.7 Å². The maximum atomic E-state index is 11.6. The molecule has 0 fully saturated rings. The summed E-state index contributed by atoms with van der Waals surface area (Å²) in [6.45, 7) is 15.5. The smallest absolute Gasteiger partial charge is 0.147 e. The van der Waals surface area contributed by atoms with E-state index in [-0.39, 0.29) is 12.0 Å². The number of anilines is 1. The topological polar surface area (TPSA) is 79.4 Å². The molecule has 0 aromatic heterocycles. The predicted molar refractivity (Wildman–Crippen MR) is 162 cm³/mol. The summed E-state index contributed by atoms with van der Waals surface area (Å²) >= 11 is 1.39. The molecule has 0 amide bonds. The van der Waals surface area contributed by atoms with E-state index in [0.717, 1.165) is 37.8 Å². The van der Waals surface area contributed by atoms with Crippen LogP contribution < -0.4 is 5.73 Å². The first-order chi connectivity index (χ1) is 17.5. The van der Waals surface area contributed by atoms with E-state index in [9.17, 15) is 4.79 Å². The zero-order valence-corrected chi connectivity index (χ0v) is 24.9. The van der Waals surface area contributed by atoms with Crippen molar-refractivity contribution in [2.45, 2.75) is 91.7 Å². The summed E-state index contributed by atoms with van der Waals surface area (Å²) < 4.78 is 5.84. The molecule has 0 saturated carbocycles. The standard InChI is InChI=1S/C31H51N3O2S/c1-8-10-11-12-18-34(7)28(24(3)4)21-29(36-9-2)30(33)37-19-17-26(22-31(5,6)23-35)20-25-13-15-27(32)16-14-25/h9,13-17,19,23-24,26,28-29,33H,2,8,10-12,18,20-22,32H2,1,3-7H3/b19-17+,33-30?. The lowest BCUT2D eigenvalue weighted by Gasteiger charge is -2.33. The molecule has 0 aliphatic carbocycles. The third-order valence-electron chi connectivity index (χ3n) is 6.84. The minimum Gasteiger partial charge on any atom is -0.492 e. The summed E-state index contributed by atoms with van der Waals surface area (Å²) in [5.74, 6) is 0.621. The molecule has 0 radical (unpaired) electrons. The van der Waals surface area contributed by atoms with Crippen LogP contribution >= 0.6 is 11.8 Å². The Morgan fingerprint density at radius 1 is 1.22 bits per heavy atom. The number of aldehydes is 1. The highest BCUT2D eigenvalue weighted by atomic mass is 32.2. The van der Waals surface area contributed by atoms with E-state index >= 15 is 0 Å². The minimum absolute atomic E-state index is 0.167. The Kier molecular flexibility index (Phi) is 15.6. The van der Waals surface area contributed by atoms with Gasteiger partial charge in [-0.15, -0.1) is 0 Å². The third kappa shape index (κ3) is 13.4. The number of ether oxygens (including phenoxy) is 1. The predicted octanol–water partition coefficient (Wildman–Crippen LogP) is 7.72. The number of allylic oxidation sites excluding steroid dienone is 1. The van der Waals surface area contributed by atoms with Crippen molar-refractivity contribution in [1.82, 2.24) is 4.90 Å². The number of nitrogens with zero attached hydrogens (tertiary/aromatic N) is 1. The molecular formula is C31H51N3O2S. The second-order valence-electron chi connectivity index (χ2n) is 11.2. The van der Waals surface area contributed by atoms with Gasteiger partial charge >= 0.3 is 0 Å². The monoisotopic (exact) mass is 529 g/mol. The van der Waals surface area contributed by atoms with Crippen LogP contribution in [0.3, 0.4) is 0 Å². The Hall–Kier alpha value is -2.05. The Morgan fingerprint density at radius 2 is 1.89 bits per heavy atom. The first-order valence-corrected chi connectivity index (χ1v) is 14.6. The number of nitrogens with two attached hydrogens (primary N) is 1. The molecule has 1 aromatic carbocycles. The lowest BCUT2D eigenvalue weighted by atomic mass is 9.81. The molecule has 0 aliphatic heterocycles. The SMILES string of the molecule is C=COC(CC(C(C)C)N(C)CCCCCC)C(=N)S/C=C/C(Cc1ccc(N)cc1)CC(C)(C)C=O. The second-order valence-corrected chi connectivity index (χ2v) is 12.2. The number of thioether (sulfide) groups is 1. The number of unbranched alkanes of at least 4 members (excludes halogenated alkanes) is 3. The van der Waals surface area contributed by atoms with Crippen molar-refractivity contribution < 1.29 is 9.53 Å². The Labute approximate surface area is 230 Å². The molecule has 0 aliphatic rings. The Balaban J connectivity index is 2.88. The molecule has 5 nitrogen and oxygen atoms in total. The van der Waals surface area contributed by atoms with E-state index in [1.54, 1.807) is 0 Å². The highest BCUT2D eigenvalue weighted by molar-refractivity contribution is 8.16. The average Bonchev–Trinajstić information content (AvgIpc) is 2.85. The number of hydrogen-bond donors (Lipinski definition) is 2. The molecule has 3 N–H and O–H groups in total. The van der Waals surface area contributed by atoms with E-state index in [2.05, 4.69) is 45.4 Å². The molecule has 0 spiro atoms. The highest BCUT2D eigenvalue weighted by Gasteiger charge is 2.26. The fourth-order valence-electron chi connectivity index (χ4n) is 4.66. The molecule has 208 valence electrons. The summed E-state index contributed by atoms with van der Waals surface area (Å²) in [5.41, 5.74) is 7.35. The summed E-state index contributed by atoms with van der Waals surface area (Å²) in [7, 11) is 2.19. The van der Waals surface area contributed by atoms with Crippen molar-refractivity contribution in [3.63, 3.8) is 0 Å². The molecule has 0 saturated heterocycles. The van der Waals surface area contributed by atoms with Crippen molar-refractivity contribution in [3.8, 4) is 0 Å². The van der Waals surface area contributed by atoms with Crippen LogP contribution in [0, 0.1) is 22.7 Å². The van der Waals surface area contributed by atoms with Crippen LogP contribution in [-0.4, -0.2) is 42.0 Å². The van der Waals surface area contributed by atoms with Gasteiger partial charge in [-0.2, -0.15) is 0 Å². The minimum atomic E-state index is -0.415. The van der Waals surface area contributed by atoms with E-state index in [1.165, 1.54) is 49.3 Å². The molecule has 37 heavy (non-hydrogen) atoms. The quantitative estimate of drug-likeness (QED) is 0.0479. The summed E-state index contributed by atoms with van der Waals surface area (Å²) in [4.78, 5) is 14.0. The van der Waals surface area contributed by atoms with Crippen LogP contribution in [0.2, 0.25) is 0 Å². The van der Waals surface area contributed by atoms with Crippen molar-refractivity contribution in [2.24, 2.45) is 17.3 Å². The number of rotatable bonds is 19. The number of hydrogen-bond acceptors (Lipinski definition) is 6. The van der Waals surface area contributed by atoms with Crippen LogP contribution in [0.15, 0.2) is 48.6 Å². The molecule has 6 heteroatoms. The molecule has 3 atom stereocenters. The van der Waals surface area contributed by atoms with Gasteiger partial charge in [-0.3, -0.25) is 5.41 Å². The van der Waals surface area contributed by atoms with Gasteiger partial charge in [0, 0.05) is 23.6 Å². The van der Waals surface area contributed by atoms with Crippen LogP contribution in [-0.2, 0) is 16.0 Å². The van der Waals surface area contributed by atoms with Gasteiger partial charge in [0.05, 0.1) is 6.26 Å². The van der Waals surface area contributed by atoms with Gasteiger partial charge in [0.25, 0.3) is 0 Å². The van der Waals surface area contributed by atoms with Crippen molar-refractivity contribution in [2.75, 3.05) is 19.3 Å². The zero-order chi connectivity index (χ0) is 27.8. The fourth-order valence-corrected chi connectivity index (χ4v) is 5.41. The van der Waals surface area contributed by atoms with Gasteiger partial charge in [0.15, 0.2) is 0 Å². The van der Waals surface area contributed by atoms with Gasteiger partial charge < -0.3 is 20.2 Å². The first kappa shape index (κ1) is 33.0. The molecule has 0 bridgehead atoms. The normalized spacial score (nSPS) is 14.6. The van der Waals surface area contributed by atoms with Gasteiger partial charge in [-0.05, 0) is 67.8 Å². The summed E-state index contributed by atoms with van der Waals surface area (Å²) in [6.07, 6.45) is 11.6. The average molecular weight is 530 g/mol. The summed E-state index contributed by atoms with van der Waals surface area (Å²) in [6, 6.07) is 8.22. The van der Waals surface area contributed by atoms with Gasteiger partial charge in [-0.1, -0.05) is 90.4 Å². The molecular weight excluding hydrogens is 478 g/mol. The molecule has 3 unspecified atom stereocenters. The maximum absolute atomic E-state index is 11.6. The van der Waals surface area contributed by atoms with E-state index in [4.69, 9.17) is 15.9 Å². The first-order valence-electron chi connectivity index (χ1n) is 13.7. The lowest BCUT2D eigenvalue weighted by molar-refractivity contribution is -0.115. The number of nitrogen functional groups attached to an aromatic ring is 1.